The van der Waals surface area contributed by atoms with Crippen LogP contribution in [0, 0.1) is 0 Å². The fourth-order valence-electron chi connectivity index (χ4n) is 1.53. The van der Waals surface area contributed by atoms with Crippen molar-refractivity contribution in [1.29, 1.82) is 0 Å². The average molecular weight is 326 g/mol. The van der Waals surface area contributed by atoms with Gasteiger partial charge in [-0.25, -0.2) is 0 Å². The van der Waals surface area contributed by atoms with E-state index >= 15 is 0 Å². The molecule has 0 saturated carbocycles. The quantitative estimate of drug-likeness (QED) is 0.907. The second kappa shape index (κ2) is 6.02. The second-order valence-corrected chi connectivity index (χ2v) is 5.63. The van der Waals surface area contributed by atoms with E-state index < -0.39 is 0 Å². The molecule has 5 heteroatoms. The number of amides is 1. The van der Waals surface area contributed by atoms with Gasteiger partial charge < -0.3 is 10.4 Å². The van der Waals surface area contributed by atoms with Gasteiger partial charge in [-0.3, -0.25) is 4.79 Å². The van der Waals surface area contributed by atoms with E-state index in [4.69, 9.17) is 0 Å². The van der Waals surface area contributed by atoms with Crippen molar-refractivity contribution in [2.45, 2.75) is 13.0 Å². The molecule has 0 aliphatic carbocycles. The fraction of sp³-hybridized carbons (Fsp3) is 0.154. The van der Waals surface area contributed by atoms with Crippen molar-refractivity contribution < 1.29 is 9.90 Å². The first kappa shape index (κ1) is 13.1. The predicted octanol–water partition coefficient (Wildman–Crippen LogP) is 3.08. The molecule has 1 amide bonds. The van der Waals surface area contributed by atoms with E-state index in [0.717, 1.165) is 9.35 Å². The van der Waals surface area contributed by atoms with Crippen LogP contribution in [0.25, 0.3) is 0 Å². The van der Waals surface area contributed by atoms with Gasteiger partial charge in [0.05, 0.1) is 13.0 Å². The maximum absolute atomic E-state index is 11.7. The third-order valence-corrected chi connectivity index (χ3v) is 4.41. The summed E-state index contributed by atoms with van der Waals surface area (Å²) in [7, 11) is 0. The van der Waals surface area contributed by atoms with E-state index in [9.17, 15) is 9.90 Å². The number of carbonyl (C=O) groups excluding carboxylic acids is 1. The zero-order valence-electron chi connectivity index (χ0n) is 9.52. The summed E-state index contributed by atoms with van der Waals surface area (Å²) >= 11 is 5.00. The van der Waals surface area contributed by atoms with Gasteiger partial charge in [-0.15, -0.1) is 11.3 Å². The number of nitrogens with one attached hydrogen (secondary N) is 1. The number of para-hydroxylation sites is 1. The van der Waals surface area contributed by atoms with Crippen molar-refractivity contribution in [3.63, 3.8) is 0 Å². The van der Waals surface area contributed by atoms with Crippen LogP contribution < -0.4 is 5.32 Å². The van der Waals surface area contributed by atoms with Gasteiger partial charge in [0, 0.05) is 14.9 Å². The minimum Gasteiger partial charge on any atom is -0.508 e. The Morgan fingerprint density at radius 1 is 1.33 bits per heavy atom. The van der Waals surface area contributed by atoms with E-state index in [0.29, 0.717) is 12.1 Å². The van der Waals surface area contributed by atoms with Crippen LogP contribution in [0.5, 0.6) is 5.75 Å². The van der Waals surface area contributed by atoms with Crippen molar-refractivity contribution in [3.05, 3.63) is 50.6 Å². The highest BCUT2D eigenvalue weighted by Gasteiger charge is 2.08. The standard InChI is InChI=1S/C13H12BrNO2S/c14-10-5-6-18-12(10)8-15-13(17)7-9-3-1-2-4-11(9)16/h1-6,16H,7-8H2,(H,15,17). The lowest BCUT2D eigenvalue weighted by atomic mass is 10.1. The van der Waals surface area contributed by atoms with Gasteiger partial charge in [-0.1, -0.05) is 18.2 Å². The molecule has 0 atom stereocenters. The van der Waals surface area contributed by atoms with E-state index in [1.54, 1.807) is 35.6 Å². The number of hydrogen-bond acceptors (Lipinski definition) is 3. The number of thiophene rings is 1. The summed E-state index contributed by atoms with van der Waals surface area (Å²) in [6, 6.07) is 8.82. The number of carbonyl (C=O) groups is 1. The van der Waals surface area contributed by atoms with Crippen molar-refractivity contribution in [3.8, 4) is 5.75 Å². The van der Waals surface area contributed by atoms with Crippen LogP contribution in [0.4, 0.5) is 0 Å². The van der Waals surface area contributed by atoms with Gasteiger partial charge in [0.25, 0.3) is 0 Å². The fourth-order valence-corrected chi connectivity index (χ4v) is 2.96. The van der Waals surface area contributed by atoms with E-state index in [-0.39, 0.29) is 18.1 Å². The van der Waals surface area contributed by atoms with Crippen molar-refractivity contribution >= 4 is 33.2 Å². The molecule has 0 aliphatic rings. The minimum absolute atomic E-state index is 0.100. The minimum atomic E-state index is -0.100. The maximum Gasteiger partial charge on any atom is 0.224 e. The van der Waals surface area contributed by atoms with Crippen LogP contribution in [-0.2, 0) is 17.8 Å². The van der Waals surface area contributed by atoms with Gasteiger partial charge in [-0.05, 0) is 33.4 Å². The molecule has 0 saturated heterocycles. The van der Waals surface area contributed by atoms with Gasteiger partial charge in [0.15, 0.2) is 0 Å². The Hall–Kier alpha value is -1.33. The molecule has 1 heterocycles. The van der Waals surface area contributed by atoms with Crippen LogP contribution in [0.15, 0.2) is 40.2 Å². The number of hydrogen-bond donors (Lipinski definition) is 2. The van der Waals surface area contributed by atoms with Crippen LogP contribution >= 0.6 is 27.3 Å². The SMILES string of the molecule is O=C(Cc1ccccc1O)NCc1sccc1Br. The summed E-state index contributed by atoms with van der Waals surface area (Å²) in [5.41, 5.74) is 0.639. The van der Waals surface area contributed by atoms with Crippen molar-refractivity contribution in [1.82, 2.24) is 5.32 Å². The third-order valence-electron chi connectivity index (χ3n) is 2.48. The van der Waals surface area contributed by atoms with Crippen LogP contribution in [0.3, 0.4) is 0 Å². The molecule has 2 aromatic rings. The molecule has 1 aromatic heterocycles. The Labute approximate surface area is 118 Å². The predicted molar refractivity (Wildman–Crippen MR) is 75.7 cm³/mol. The van der Waals surface area contributed by atoms with Crippen LogP contribution in [0.2, 0.25) is 0 Å². The highest BCUT2D eigenvalue weighted by molar-refractivity contribution is 9.10. The lowest BCUT2D eigenvalue weighted by Crippen LogP contribution is -2.24. The zero-order chi connectivity index (χ0) is 13.0. The molecule has 2 N–H and O–H groups in total. The lowest BCUT2D eigenvalue weighted by Gasteiger charge is -2.06. The van der Waals surface area contributed by atoms with Crippen molar-refractivity contribution in [2.75, 3.05) is 0 Å². The number of benzene rings is 1. The molecule has 0 fully saturated rings. The molecule has 1 aromatic carbocycles. The highest BCUT2D eigenvalue weighted by Crippen LogP contribution is 2.22. The molecule has 18 heavy (non-hydrogen) atoms. The summed E-state index contributed by atoms with van der Waals surface area (Å²) in [6.07, 6.45) is 0.190. The van der Waals surface area contributed by atoms with Crippen LogP contribution in [0.1, 0.15) is 10.4 Å². The Balaban J connectivity index is 1.90. The molecule has 94 valence electrons. The molecule has 0 spiro atoms. The number of halogens is 1. The maximum atomic E-state index is 11.7. The number of phenols is 1. The summed E-state index contributed by atoms with van der Waals surface area (Å²) in [6.45, 7) is 0.505. The average Bonchev–Trinajstić information content (AvgIpc) is 2.75. The van der Waals surface area contributed by atoms with Gasteiger partial charge in [0.1, 0.15) is 5.75 Å². The van der Waals surface area contributed by atoms with Gasteiger partial charge in [0.2, 0.25) is 5.91 Å². The molecule has 3 nitrogen and oxygen atoms in total. The van der Waals surface area contributed by atoms with Gasteiger partial charge >= 0.3 is 0 Å². The van der Waals surface area contributed by atoms with E-state index in [1.165, 1.54) is 0 Å². The summed E-state index contributed by atoms with van der Waals surface area (Å²) < 4.78 is 1.01. The molecule has 0 bridgehead atoms. The molecule has 0 unspecified atom stereocenters. The van der Waals surface area contributed by atoms with Gasteiger partial charge in [-0.2, -0.15) is 0 Å². The topological polar surface area (TPSA) is 49.3 Å². The summed E-state index contributed by atoms with van der Waals surface area (Å²) in [5.74, 6) is 0.0572. The number of aromatic hydroxyl groups is 1. The Bertz CT molecular complexity index is 553. The lowest BCUT2D eigenvalue weighted by molar-refractivity contribution is -0.120. The Morgan fingerprint density at radius 3 is 2.78 bits per heavy atom. The first-order valence-electron chi connectivity index (χ1n) is 5.42. The highest BCUT2D eigenvalue weighted by atomic mass is 79.9. The Morgan fingerprint density at radius 2 is 2.11 bits per heavy atom. The molecular weight excluding hydrogens is 314 g/mol. The zero-order valence-corrected chi connectivity index (χ0v) is 11.9. The molecule has 2 rings (SSSR count). The first-order chi connectivity index (χ1) is 8.66. The molecule has 0 radical (unpaired) electrons. The Kier molecular flexibility index (Phi) is 4.38. The summed E-state index contributed by atoms with van der Waals surface area (Å²) in [4.78, 5) is 12.8. The normalized spacial score (nSPS) is 10.3. The van der Waals surface area contributed by atoms with Crippen molar-refractivity contribution in [2.24, 2.45) is 0 Å². The largest absolute Gasteiger partial charge is 0.508 e. The monoisotopic (exact) mass is 325 g/mol. The molecule has 0 aliphatic heterocycles. The molecular formula is C13H12BrNO2S. The van der Waals surface area contributed by atoms with Crippen LogP contribution in [-0.4, -0.2) is 11.0 Å². The number of rotatable bonds is 4. The second-order valence-electron chi connectivity index (χ2n) is 3.77. The van der Waals surface area contributed by atoms with E-state index in [2.05, 4.69) is 21.2 Å². The number of phenolic OH excluding ortho intramolecular Hbond substituents is 1. The third kappa shape index (κ3) is 3.34. The summed E-state index contributed by atoms with van der Waals surface area (Å²) in [5, 5.41) is 14.4. The van der Waals surface area contributed by atoms with E-state index in [1.807, 2.05) is 11.4 Å². The smallest absolute Gasteiger partial charge is 0.224 e. The first-order valence-corrected chi connectivity index (χ1v) is 7.09.